The molecule has 14 heavy (non-hydrogen) atoms. The summed E-state index contributed by atoms with van der Waals surface area (Å²) >= 11 is 3.47. The van der Waals surface area contributed by atoms with Crippen LogP contribution in [0.3, 0.4) is 0 Å². The van der Waals surface area contributed by atoms with E-state index in [9.17, 15) is 4.79 Å². The Kier molecular flexibility index (Phi) is 2.15. The molecule has 3 nitrogen and oxygen atoms in total. The lowest BCUT2D eigenvalue weighted by Gasteiger charge is -2.06. The van der Waals surface area contributed by atoms with E-state index in [0.717, 1.165) is 26.6 Å². The average molecular weight is 253 g/mol. The third-order valence-corrected chi connectivity index (χ3v) is 3.28. The van der Waals surface area contributed by atoms with Crippen molar-refractivity contribution in [1.29, 1.82) is 0 Å². The number of aromatic nitrogens is 2. The van der Waals surface area contributed by atoms with Crippen molar-refractivity contribution in [1.82, 2.24) is 9.97 Å². The molecule has 0 fully saturated rings. The molecule has 0 saturated heterocycles. The molecule has 0 radical (unpaired) electrons. The molecule has 1 aromatic carbocycles. The molecule has 1 N–H and O–H groups in total. The van der Waals surface area contributed by atoms with Crippen LogP contribution in [0.5, 0.6) is 0 Å². The molecule has 0 aliphatic carbocycles. The lowest BCUT2D eigenvalue weighted by Crippen LogP contribution is -2.05. The van der Waals surface area contributed by atoms with Gasteiger partial charge in [0, 0.05) is 4.47 Å². The van der Waals surface area contributed by atoms with Crippen LogP contribution in [-0.2, 0) is 0 Å². The molecule has 0 bridgehead atoms. The molecule has 0 atom stereocenters. The Morgan fingerprint density at radius 2 is 2.14 bits per heavy atom. The van der Waals surface area contributed by atoms with E-state index in [1.807, 2.05) is 19.9 Å². The molecule has 4 heteroatoms. The van der Waals surface area contributed by atoms with Gasteiger partial charge in [0.2, 0.25) is 0 Å². The zero-order valence-corrected chi connectivity index (χ0v) is 9.47. The maximum absolute atomic E-state index is 11.1. The molecular weight excluding hydrogens is 244 g/mol. The van der Waals surface area contributed by atoms with Gasteiger partial charge in [0.1, 0.15) is 5.52 Å². The summed E-state index contributed by atoms with van der Waals surface area (Å²) < 4.78 is 0.948. The average Bonchev–Trinajstić information content (AvgIpc) is 2.14. The number of H-pyrrole nitrogens is 1. The van der Waals surface area contributed by atoms with Gasteiger partial charge in [0.15, 0.2) is 0 Å². The van der Waals surface area contributed by atoms with Crippen LogP contribution >= 0.6 is 15.9 Å². The van der Waals surface area contributed by atoms with Gasteiger partial charge in [-0.15, -0.1) is 0 Å². The first-order valence-electron chi connectivity index (χ1n) is 4.24. The van der Waals surface area contributed by atoms with E-state index in [4.69, 9.17) is 0 Å². The van der Waals surface area contributed by atoms with Crippen LogP contribution in [-0.4, -0.2) is 9.97 Å². The van der Waals surface area contributed by atoms with Crippen molar-refractivity contribution < 1.29 is 0 Å². The quantitative estimate of drug-likeness (QED) is 0.782. The first kappa shape index (κ1) is 9.40. The molecule has 1 heterocycles. The number of nitrogens with zero attached hydrogens (tertiary/aromatic N) is 1. The molecule has 1 aromatic heterocycles. The second-order valence-corrected chi connectivity index (χ2v) is 4.07. The third kappa shape index (κ3) is 1.35. The summed E-state index contributed by atoms with van der Waals surface area (Å²) in [6, 6.07) is 1.93. The molecule has 2 rings (SSSR count). The number of benzene rings is 1. The summed E-state index contributed by atoms with van der Waals surface area (Å²) in [5.74, 6) is 0. The Morgan fingerprint density at radius 1 is 1.43 bits per heavy atom. The number of rotatable bonds is 0. The standard InChI is InChI=1S/C10H9BrN2O/c1-5-3-7-10(9(11)6(5)2)12-4-8(14)13-7/h3-4H,1-2H3,(H,13,14). The van der Waals surface area contributed by atoms with Crippen LogP contribution in [0.25, 0.3) is 11.0 Å². The fourth-order valence-electron chi connectivity index (χ4n) is 1.37. The smallest absolute Gasteiger partial charge is 0.266 e. The van der Waals surface area contributed by atoms with Crippen LogP contribution < -0.4 is 5.56 Å². The minimum atomic E-state index is -0.173. The van der Waals surface area contributed by atoms with Crippen LogP contribution in [0, 0.1) is 13.8 Å². The summed E-state index contributed by atoms with van der Waals surface area (Å²) in [7, 11) is 0. The van der Waals surface area contributed by atoms with Gasteiger partial charge < -0.3 is 4.98 Å². The lowest BCUT2D eigenvalue weighted by atomic mass is 10.1. The number of hydrogen-bond acceptors (Lipinski definition) is 2. The molecule has 2 aromatic rings. The molecule has 0 spiro atoms. The predicted molar refractivity (Wildman–Crippen MR) is 59.5 cm³/mol. The van der Waals surface area contributed by atoms with E-state index in [-0.39, 0.29) is 5.56 Å². The molecule has 0 aliphatic rings. The molecular formula is C10H9BrN2O. The van der Waals surface area contributed by atoms with E-state index in [1.165, 1.54) is 6.20 Å². The summed E-state index contributed by atoms with van der Waals surface area (Å²) in [5, 5.41) is 0. The highest BCUT2D eigenvalue weighted by Gasteiger charge is 2.06. The SMILES string of the molecule is Cc1cc2[nH]c(=O)cnc2c(Br)c1C. The van der Waals surface area contributed by atoms with E-state index >= 15 is 0 Å². The second-order valence-electron chi connectivity index (χ2n) is 3.28. The van der Waals surface area contributed by atoms with Gasteiger partial charge in [-0.25, -0.2) is 4.98 Å². The highest BCUT2D eigenvalue weighted by atomic mass is 79.9. The van der Waals surface area contributed by atoms with Crippen molar-refractivity contribution in [2.24, 2.45) is 0 Å². The highest BCUT2D eigenvalue weighted by Crippen LogP contribution is 2.26. The van der Waals surface area contributed by atoms with Crippen molar-refractivity contribution in [3.05, 3.63) is 38.2 Å². The number of hydrogen-bond donors (Lipinski definition) is 1. The number of halogens is 1. The zero-order chi connectivity index (χ0) is 10.3. The summed E-state index contributed by atoms with van der Waals surface area (Å²) in [6.45, 7) is 4.02. The Morgan fingerprint density at radius 3 is 2.86 bits per heavy atom. The van der Waals surface area contributed by atoms with Gasteiger partial charge in [-0.3, -0.25) is 4.79 Å². The topological polar surface area (TPSA) is 45.8 Å². The molecule has 0 saturated carbocycles. The van der Waals surface area contributed by atoms with E-state index in [2.05, 4.69) is 25.9 Å². The number of fused-ring (bicyclic) bond motifs is 1. The van der Waals surface area contributed by atoms with Crippen molar-refractivity contribution >= 4 is 27.0 Å². The van der Waals surface area contributed by atoms with Gasteiger partial charge in [0.25, 0.3) is 5.56 Å². The summed E-state index contributed by atoms with van der Waals surface area (Å²) in [6.07, 6.45) is 1.29. The van der Waals surface area contributed by atoms with E-state index in [0.29, 0.717) is 0 Å². The van der Waals surface area contributed by atoms with Crippen molar-refractivity contribution in [3.8, 4) is 0 Å². The van der Waals surface area contributed by atoms with E-state index in [1.54, 1.807) is 0 Å². The monoisotopic (exact) mass is 252 g/mol. The highest BCUT2D eigenvalue weighted by molar-refractivity contribution is 9.10. The van der Waals surface area contributed by atoms with Crippen LogP contribution in [0.4, 0.5) is 0 Å². The minimum Gasteiger partial charge on any atom is -0.319 e. The van der Waals surface area contributed by atoms with Crippen molar-refractivity contribution in [3.63, 3.8) is 0 Å². The normalized spacial score (nSPS) is 10.8. The first-order chi connectivity index (χ1) is 6.59. The Bertz CT molecular complexity index is 560. The fourth-order valence-corrected chi connectivity index (χ4v) is 2.00. The molecule has 72 valence electrons. The molecule has 0 aliphatic heterocycles. The predicted octanol–water partition coefficient (Wildman–Crippen LogP) is 2.30. The van der Waals surface area contributed by atoms with Crippen LogP contribution in [0.15, 0.2) is 21.5 Å². The van der Waals surface area contributed by atoms with Crippen molar-refractivity contribution in [2.75, 3.05) is 0 Å². The maximum atomic E-state index is 11.1. The zero-order valence-electron chi connectivity index (χ0n) is 7.89. The number of aromatic amines is 1. The third-order valence-electron chi connectivity index (χ3n) is 2.31. The minimum absolute atomic E-state index is 0.173. The first-order valence-corrected chi connectivity index (χ1v) is 5.03. The molecule has 0 unspecified atom stereocenters. The molecule has 0 amide bonds. The van der Waals surface area contributed by atoms with Gasteiger partial charge in [-0.1, -0.05) is 0 Å². The van der Waals surface area contributed by atoms with Gasteiger partial charge >= 0.3 is 0 Å². The van der Waals surface area contributed by atoms with Gasteiger partial charge in [0.05, 0.1) is 11.7 Å². The number of nitrogens with one attached hydrogen (secondary N) is 1. The fraction of sp³-hybridized carbons (Fsp3) is 0.200. The number of aryl methyl sites for hydroxylation is 1. The van der Waals surface area contributed by atoms with Gasteiger partial charge in [-0.2, -0.15) is 0 Å². The summed E-state index contributed by atoms with van der Waals surface area (Å²) in [4.78, 5) is 17.9. The Balaban J connectivity index is 2.98. The van der Waals surface area contributed by atoms with E-state index < -0.39 is 0 Å². The maximum Gasteiger partial charge on any atom is 0.266 e. The Labute approximate surface area is 89.3 Å². The van der Waals surface area contributed by atoms with Crippen LogP contribution in [0.1, 0.15) is 11.1 Å². The van der Waals surface area contributed by atoms with Crippen molar-refractivity contribution in [2.45, 2.75) is 13.8 Å². The summed E-state index contributed by atoms with van der Waals surface area (Å²) in [5.41, 5.74) is 3.68. The van der Waals surface area contributed by atoms with Crippen LogP contribution in [0.2, 0.25) is 0 Å². The lowest BCUT2D eigenvalue weighted by molar-refractivity contribution is 1.19. The Hall–Kier alpha value is -1.16. The van der Waals surface area contributed by atoms with Gasteiger partial charge in [-0.05, 0) is 47.0 Å². The second kappa shape index (κ2) is 3.20. The largest absolute Gasteiger partial charge is 0.319 e.